The summed E-state index contributed by atoms with van der Waals surface area (Å²) >= 11 is 5.78. The SMILES string of the molecule is Cc1ccncc1N1CCc2ccc(Cl)c(F)c2C1=O. The van der Waals surface area contributed by atoms with Crippen molar-refractivity contribution in [3.63, 3.8) is 0 Å². The molecule has 1 aromatic heterocycles. The first-order chi connectivity index (χ1) is 9.59. The van der Waals surface area contributed by atoms with E-state index in [0.29, 0.717) is 24.2 Å². The number of anilines is 1. The highest BCUT2D eigenvalue weighted by Gasteiger charge is 2.30. The molecule has 3 rings (SSSR count). The minimum absolute atomic E-state index is 0.0261. The van der Waals surface area contributed by atoms with Gasteiger partial charge in [-0.25, -0.2) is 4.39 Å². The molecule has 20 heavy (non-hydrogen) atoms. The van der Waals surface area contributed by atoms with Crippen LogP contribution in [0.25, 0.3) is 0 Å². The van der Waals surface area contributed by atoms with E-state index < -0.39 is 5.82 Å². The Morgan fingerprint density at radius 3 is 2.90 bits per heavy atom. The Balaban J connectivity index is 2.10. The van der Waals surface area contributed by atoms with Crippen LogP contribution in [0.3, 0.4) is 0 Å². The molecule has 1 aromatic carbocycles. The molecule has 0 radical (unpaired) electrons. The van der Waals surface area contributed by atoms with Crippen molar-refractivity contribution < 1.29 is 9.18 Å². The summed E-state index contributed by atoms with van der Waals surface area (Å²) in [4.78, 5) is 18.1. The smallest absolute Gasteiger partial charge is 0.261 e. The zero-order chi connectivity index (χ0) is 14.3. The van der Waals surface area contributed by atoms with Crippen LogP contribution in [0.5, 0.6) is 0 Å². The second-order valence-corrected chi connectivity index (χ2v) is 5.17. The van der Waals surface area contributed by atoms with Gasteiger partial charge < -0.3 is 4.90 Å². The fourth-order valence-electron chi connectivity index (χ4n) is 2.47. The van der Waals surface area contributed by atoms with Crippen molar-refractivity contribution in [2.75, 3.05) is 11.4 Å². The Morgan fingerprint density at radius 1 is 1.35 bits per heavy atom. The van der Waals surface area contributed by atoms with Crippen molar-refractivity contribution in [3.05, 3.63) is 58.1 Å². The Bertz CT molecular complexity index is 702. The number of hydrogen-bond donors (Lipinski definition) is 0. The second-order valence-electron chi connectivity index (χ2n) is 4.76. The molecule has 0 saturated heterocycles. The lowest BCUT2D eigenvalue weighted by Gasteiger charge is -2.29. The van der Waals surface area contributed by atoms with Gasteiger partial charge in [-0.15, -0.1) is 0 Å². The average molecular weight is 291 g/mol. The van der Waals surface area contributed by atoms with Gasteiger partial charge in [0.25, 0.3) is 5.91 Å². The Labute approximate surface area is 121 Å². The maximum absolute atomic E-state index is 14.1. The summed E-state index contributed by atoms with van der Waals surface area (Å²) in [5.74, 6) is -0.997. The number of nitrogens with zero attached hydrogens (tertiary/aromatic N) is 2. The molecular weight excluding hydrogens is 279 g/mol. The summed E-state index contributed by atoms with van der Waals surface area (Å²) in [6.07, 6.45) is 3.89. The quantitative estimate of drug-likeness (QED) is 0.806. The standard InChI is InChI=1S/C15H12ClFN2O/c1-9-4-6-18-8-12(9)19-7-5-10-2-3-11(16)14(17)13(10)15(19)20/h2-4,6,8H,5,7H2,1H3. The number of amides is 1. The van der Waals surface area contributed by atoms with Gasteiger partial charge in [0, 0.05) is 12.7 Å². The number of carbonyl (C=O) groups is 1. The summed E-state index contributed by atoms with van der Waals surface area (Å²) in [6, 6.07) is 5.03. The minimum Gasteiger partial charge on any atom is -0.306 e. The van der Waals surface area contributed by atoms with Crippen molar-refractivity contribution in [1.29, 1.82) is 0 Å². The minimum atomic E-state index is -0.639. The maximum Gasteiger partial charge on any atom is 0.261 e. The third-order valence-electron chi connectivity index (χ3n) is 3.55. The van der Waals surface area contributed by atoms with Crippen LogP contribution in [0.2, 0.25) is 5.02 Å². The van der Waals surface area contributed by atoms with Crippen LogP contribution in [-0.2, 0) is 6.42 Å². The molecule has 0 N–H and O–H groups in total. The highest BCUT2D eigenvalue weighted by molar-refractivity contribution is 6.31. The summed E-state index contributed by atoms with van der Waals surface area (Å²) < 4.78 is 14.1. The van der Waals surface area contributed by atoms with Gasteiger partial charge in [0.2, 0.25) is 0 Å². The van der Waals surface area contributed by atoms with Crippen molar-refractivity contribution in [3.8, 4) is 0 Å². The molecule has 102 valence electrons. The van der Waals surface area contributed by atoms with Gasteiger partial charge in [0.05, 0.1) is 22.5 Å². The number of rotatable bonds is 1. The Kier molecular flexibility index (Phi) is 3.18. The Morgan fingerprint density at radius 2 is 2.15 bits per heavy atom. The molecule has 0 spiro atoms. The Hall–Kier alpha value is -1.94. The molecule has 2 aromatic rings. The molecule has 1 aliphatic heterocycles. The van der Waals surface area contributed by atoms with Crippen LogP contribution in [0.15, 0.2) is 30.6 Å². The lowest BCUT2D eigenvalue weighted by molar-refractivity contribution is 0.0976. The predicted octanol–water partition coefficient (Wildman–Crippen LogP) is 3.39. The summed E-state index contributed by atoms with van der Waals surface area (Å²) in [7, 11) is 0. The van der Waals surface area contributed by atoms with Crippen LogP contribution in [-0.4, -0.2) is 17.4 Å². The largest absolute Gasteiger partial charge is 0.306 e. The average Bonchev–Trinajstić information content (AvgIpc) is 2.44. The number of halogens is 2. The molecule has 3 nitrogen and oxygen atoms in total. The molecule has 0 saturated carbocycles. The van der Waals surface area contributed by atoms with E-state index in [1.165, 1.54) is 6.07 Å². The fraction of sp³-hybridized carbons (Fsp3) is 0.200. The highest BCUT2D eigenvalue weighted by Crippen LogP contribution is 2.30. The van der Waals surface area contributed by atoms with E-state index in [0.717, 1.165) is 5.56 Å². The van der Waals surface area contributed by atoms with Crippen LogP contribution in [0, 0.1) is 12.7 Å². The highest BCUT2D eigenvalue weighted by atomic mass is 35.5. The summed E-state index contributed by atoms with van der Waals surface area (Å²) in [6.45, 7) is 2.41. The summed E-state index contributed by atoms with van der Waals surface area (Å²) in [5.41, 5.74) is 2.42. The lowest BCUT2D eigenvalue weighted by Crippen LogP contribution is -2.38. The van der Waals surface area contributed by atoms with Gasteiger partial charge in [-0.1, -0.05) is 17.7 Å². The van der Waals surface area contributed by atoms with Crippen LogP contribution < -0.4 is 4.90 Å². The number of aromatic nitrogens is 1. The van der Waals surface area contributed by atoms with E-state index in [2.05, 4.69) is 4.98 Å². The van der Waals surface area contributed by atoms with Crippen molar-refractivity contribution >= 4 is 23.2 Å². The number of benzene rings is 1. The normalized spacial score (nSPS) is 14.3. The van der Waals surface area contributed by atoms with E-state index in [-0.39, 0.29) is 16.5 Å². The molecule has 0 atom stereocenters. The van der Waals surface area contributed by atoms with E-state index >= 15 is 0 Å². The topological polar surface area (TPSA) is 33.2 Å². The van der Waals surface area contributed by atoms with Crippen molar-refractivity contribution in [2.45, 2.75) is 13.3 Å². The number of hydrogen-bond acceptors (Lipinski definition) is 2. The zero-order valence-corrected chi connectivity index (χ0v) is 11.6. The number of aryl methyl sites for hydroxylation is 1. The molecular formula is C15H12ClFN2O. The number of fused-ring (bicyclic) bond motifs is 1. The number of pyridine rings is 1. The molecule has 1 aliphatic rings. The van der Waals surface area contributed by atoms with Gasteiger partial charge in [-0.2, -0.15) is 0 Å². The van der Waals surface area contributed by atoms with Gasteiger partial charge in [-0.05, 0) is 36.6 Å². The first-order valence-corrected chi connectivity index (χ1v) is 6.66. The molecule has 0 unspecified atom stereocenters. The maximum atomic E-state index is 14.1. The first kappa shape index (κ1) is 13.1. The van der Waals surface area contributed by atoms with E-state index in [9.17, 15) is 9.18 Å². The molecule has 1 amide bonds. The second kappa shape index (κ2) is 4.87. The van der Waals surface area contributed by atoms with Gasteiger partial charge in [-0.3, -0.25) is 9.78 Å². The fourth-order valence-corrected chi connectivity index (χ4v) is 2.62. The van der Waals surface area contributed by atoms with Crippen LogP contribution >= 0.6 is 11.6 Å². The molecule has 0 bridgehead atoms. The molecule has 2 heterocycles. The third-order valence-corrected chi connectivity index (χ3v) is 3.84. The number of carbonyl (C=O) groups excluding carboxylic acids is 1. The van der Waals surface area contributed by atoms with Crippen molar-refractivity contribution in [1.82, 2.24) is 4.98 Å². The zero-order valence-electron chi connectivity index (χ0n) is 10.9. The monoisotopic (exact) mass is 290 g/mol. The van der Waals surface area contributed by atoms with Gasteiger partial charge in [0.15, 0.2) is 5.82 Å². The molecule has 5 heteroatoms. The van der Waals surface area contributed by atoms with Crippen LogP contribution in [0.1, 0.15) is 21.5 Å². The molecule has 0 aliphatic carbocycles. The first-order valence-electron chi connectivity index (χ1n) is 6.29. The lowest BCUT2D eigenvalue weighted by atomic mass is 9.97. The van der Waals surface area contributed by atoms with E-state index in [1.807, 2.05) is 13.0 Å². The van der Waals surface area contributed by atoms with E-state index in [1.54, 1.807) is 23.4 Å². The molecule has 0 fully saturated rings. The third kappa shape index (κ3) is 1.96. The van der Waals surface area contributed by atoms with Gasteiger partial charge >= 0.3 is 0 Å². The van der Waals surface area contributed by atoms with Gasteiger partial charge in [0.1, 0.15) is 0 Å². The van der Waals surface area contributed by atoms with Crippen molar-refractivity contribution in [2.24, 2.45) is 0 Å². The van der Waals surface area contributed by atoms with E-state index in [4.69, 9.17) is 11.6 Å². The predicted molar refractivity (Wildman–Crippen MR) is 75.8 cm³/mol. The summed E-state index contributed by atoms with van der Waals surface area (Å²) in [5, 5.41) is -0.0261. The van der Waals surface area contributed by atoms with Crippen LogP contribution in [0.4, 0.5) is 10.1 Å².